The number of hydrogen-bond acceptors (Lipinski definition) is 4. The topological polar surface area (TPSA) is 104 Å². The van der Waals surface area contributed by atoms with Crippen molar-refractivity contribution in [2.75, 3.05) is 10.0 Å². The largest absolute Gasteiger partial charge is 0.346 e. The van der Waals surface area contributed by atoms with Gasteiger partial charge in [0, 0.05) is 23.1 Å². The number of aromatic nitrogens is 2. The number of rotatable bonds is 7. The van der Waals surface area contributed by atoms with E-state index >= 15 is 0 Å². The van der Waals surface area contributed by atoms with Gasteiger partial charge in [0.05, 0.1) is 10.9 Å². The number of nitrogens with one attached hydrogen (secondary N) is 3. The normalized spacial score (nSPS) is 15.9. The summed E-state index contributed by atoms with van der Waals surface area (Å²) in [6.07, 6.45) is 5.06. The van der Waals surface area contributed by atoms with Crippen LogP contribution in [-0.4, -0.2) is 29.5 Å². The fourth-order valence-corrected chi connectivity index (χ4v) is 5.59. The number of anilines is 2. The average Bonchev–Trinajstić information content (AvgIpc) is 3.76. The minimum atomic E-state index is -3.41. The Morgan fingerprint density at radius 1 is 0.912 bits per heavy atom. The number of fused-ring (bicyclic) bond motifs is 1. The standard InChI is InChI=1S/C26H24N4O3S/c31-26(17-6-7-17)29-24-15-21(20-12-13-27-25(20)28-24)18-8-11-23(30-34(32,33)19-9-10-19)22(14-18)16-4-2-1-3-5-16/h1-5,8,11-15,17,19,30H,6-7,9-10H2,(H2,27,28,29,31). The van der Waals surface area contributed by atoms with Crippen LogP contribution in [0, 0.1) is 5.92 Å². The minimum absolute atomic E-state index is 0.000777. The van der Waals surface area contributed by atoms with Crippen LogP contribution in [-0.2, 0) is 14.8 Å². The summed E-state index contributed by atoms with van der Waals surface area (Å²) in [6, 6.07) is 19.3. The van der Waals surface area contributed by atoms with Crippen molar-refractivity contribution in [1.29, 1.82) is 0 Å². The van der Waals surface area contributed by atoms with Crippen LogP contribution in [0.4, 0.5) is 11.5 Å². The molecule has 3 N–H and O–H groups in total. The molecule has 8 heteroatoms. The van der Waals surface area contributed by atoms with Gasteiger partial charge in [0.25, 0.3) is 0 Å². The van der Waals surface area contributed by atoms with E-state index in [9.17, 15) is 13.2 Å². The van der Waals surface area contributed by atoms with Crippen molar-refractivity contribution in [3.05, 3.63) is 66.9 Å². The maximum absolute atomic E-state index is 12.7. The SMILES string of the molecule is O=C(Nc1cc(-c2ccc(NS(=O)(=O)C3CC3)c(-c3ccccc3)c2)c2cc[nH]c2n1)C1CC1. The number of carbonyl (C=O) groups is 1. The molecule has 0 saturated heterocycles. The minimum Gasteiger partial charge on any atom is -0.346 e. The lowest BCUT2D eigenvalue weighted by atomic mass is 9.96. The lowest BCUT2D eigenvalue weighted by molar-refractivity contribution is -0.117. The number of amides is 1. The zero-order chi connectivity index (χ0) is 23.3. The first-order valence-corrected chi connectivity index (χ1v) is 13.0. The Bertz CT molecular complexity index is 1500. The summed E-state index contributed by atoms with van der Waals surface area (Å²) in [5.74, 6) is 0.578. The Kier molecular flexibility index (Phi) is 4.91. The molecule has 172 valence electrons. The summed E-state index contributed by atoms with van der Waals surface area (Å²) in [5, 5.41) is 3.56. The molecule has 34 heavy (non-hydrogen) atoms. The second kappa shape index (κ2) is 7.99. The van der Waals surface area contributed by atoms with E-state index in [1.165, 1.54) is 0 Å². The van der Waals surface area contributed by atoms with Crippen LogP contribution >= 0.6 is 0 Å². The second-order valence-corrected chi connectivity index (χ2v) is 11.0. The van der Waals surface area contributed by atoms with Crippen molar-refractivity contribution in [3.8, 4) is 22.3 Å². The number of aromatic amines is 1. The van der Waals surface area contributed by atoms with E-state index < -0.39 is 10.0 Å². The molecule has 2 aromatic carbocycles. The van der Waals surface area contributed by atoms with Crippen LogP contribution in [0.1, 0.15) is 25.7 Å². The van der Waals surface area contributed by atoms with Crippen LogP contribution in [0.25, 0.3) is 33.3 Å². The number of benzene rings is 2. The first kappa shape index (κ1) is 20.9. The third kappa shape index (κ3) is 4.05. The molecule has 2 aromatic heterocycles. The van der Waals surface area contributed by atoms with Gasteiger partial charge in [0.2, 0.25) is 15.9 Å². The first-order chi connectivity index (χ1) is 16.5. The molecule has 2 saturated carbocycles. The number of nitrogens with zero attached hydrogens (tertiary/aromatic N) is 1. The lowest BCUT2D eigenvalue weighted by Gasteiger charge is -2.15. The monoisotopic (exact) mass is 472 g/mol. The Morgan fingerprint density at radius 3 is 2.44 bits per heavy atom. The molecule has 6 rings (SSSR count). The Labute approximate surface area is 197 Å². The molecule has 0 aliphatic heterocycles. The van der Waals surface area contributed by atoms with E-state index in [4.69, 9.17) is 0 Å². The Balaban J connectivity index is 1.46. The van der Waals surface area contributed by atoms with Crippen molar-refractivity contribution in [2.24, 2.45) is 5.92 Å². The molecule has 2 fully saturated rings. The zero-order valence-electron chi connectivity index (χ0n) is 18.4. The van der Waals surface area contributed by atoms with Gasteiger partial charge in [0.15, 0.2) is 0 Å². The number of pyridine rings is 1. The summed E-state index contributed by atoms with van der Waals surface area (Å²) in [7, 11) is -3.41. The Hall–Kier alpha value is -3.65. The van der Waals surface area contributed by atoms with Gasteiger partial charge >= 0.3 is 0 Å². The summed E-state index contributed by atoms with van der Waals surface area (Å²) >= 11 is 0. The number of carbonyl (C=O) groups excluding carboxylic acids is 1. The quantitative estimate of drug-likeness (QED) is 0.346. The van der Waals surface area contributed by atoms with E-state index in [2.05, 4.69) is 20.0 Å². The van der Waals surface area contributed by atoms with E-state index in [1.54, 1.807) is 0 Å². The smallest absolute Gasteiger partial charge is 0.235 e. The average molecular weight is 473 g/mol. The molecular formula is C26H24N4O3S. The molecular weight excluding hydrogens is 448 g/mol. The third-order valence-corrected chi connectivity index (χ3v) is 8.21. The van der Waals surface area contributed by atoms with Crippen molar-refractivity contribution >= 4 is 38.5 Å². The molecule has 0 radical (unpaired) electrons. The molecule has 0 unspecified atom stereocenters. The summed E-state index contributed by atoms with van der Waals surface area (Å²) in [6.45, 7) is 0. The van der Waals surface area contributed by atoms with Crippen LogP contribution < -0.4 is 10.0 Å². The second-order valence-electron chi connectivity index (χ2n) is 9.03. The highest BCUT2D eigenvalue weighted by Gasteiger charge is 2.36. The zero-order valence-corrected chi connectivity index (χ0v) is 19.2. The number of H-pyrrole nitrogens is 1. The highest BCUT2D eigenvalue weighted by Crippen LogP contribution is 2.38. The molecule has 7 nitrogen and oxygen atoms in total. The van der Waals surface area contributed by atoms with E-state index in [-0.39, 0.29) is 17.1 Å². The highest BCUT2D eigenvalue weighted by atomic mass is 32.2. The van der Waals surface area contributed by atoms with Crippen LogP contribution in [0.2, 0.25) is 0 Å². The molecule has 1 amide bonds. The van der Waals surface area contributed by atoms with Crippen molar-refractivity contribution in [3.63, 3.8) is 0 Å². The van der Waals surface area contributed by atoms with Gasteiger partial charge in [-0.3, -0.25) is 9.52 Å². The summed E-state index contributed by atoms with van der Waals surface area (Å²) in [4.78, 5) is 20.1. The number of sulfonamides is 1. The third-order valence-electron chi connectivity index (χ3n) is 6.36. The molecule has 0 atom stereocenters. The van der Waals surface area contributed by atoms with E-state index in [0.29, 0.717) is 30.0 Å². The van der Waals surface area contributed by atoms with Gasteiger partial charge in [-0.2, -0.15) is 0 Å². The molecule has 0 bridgehead atoms. The van der Waals surface area contributed by atoms with Crippen LogP contribution in [0.15, 0.2) is 66.9 Å². The molecule has 4 aromatic rings. The molecule has 2 heterocycles. The van der Waals surface area contributed by atoms with Gasteiger partial charge in [0.1, 0.15) is 11.5 Å². The van der Waals surface area contributed by atoms with Gasteiger partial charge in [-0.15, -0.1) is 0 Å². The van der Waals surface area contributed by atoms with Crippen molar-refractivity contribution in [2.45, 2.75) is 30.9 Å². The highest BCUT2D eigenvalue weighted by molar-refractivity contribution is 7.93. The van der Waals surface area contributed by atoms with Gasteiger partial charge in [-0.05, 0) is 66.6 Å². The predicted molar refractivity (Wildman–Crippen MR) is 134 cm³/mol. The van der Waals surface area contributed by atoms with Crippen molar-refractivity contribution < 1.29 is 13.2 Å². The molecule has 2 aliphatic rings. The van der Waals surface area contributed by atoms with E-state index in [1.807, 2.05) is 66.9 Å². The lowest BCUT2D eigenvalue weighted by Crippen LogP contribution is -2.17. The Morgan fingerprint density at radius 2 is 1.71 bits per heavy atom. The fourth-order valence-electron chi connectivity index (χ4n) is 4.19. The summed E-state index contributed by atoms with van der Waals surface area (Å²) in [5.41, 5.74) is 4.77. The van der Waals surface area contributed by atoms with Crippen LogP contribution in [0.3, 0.4) is 0 Å². The van der Waals surface area contributed by atoms with E-state index in [0.717, 1.165) is 40.5 Å². The van der Waals surface area contributed by atoms with Gasteiger partial charge in [-0.1, -0.05) is 36.4 Å². The number of hydrogen-bond donors (Lipinski definition) is 3. The van der Waals surface area contributed by atoms with Crippen LogP contribution in [0.5, 0.6) is 0 Å². The summed E-state index contributed by atoms with van der Waals surface area (Å²) < 4.78 is 28.2. The van der Waals surface area contributed by atoms with Crippen molar-refractivity contribution in [1.82, 2.24) is 9.97 Å². The van der Waals surface area contributed by atoms with Gasteiger partial charge < -0.3 is 10.3 Å². The molecule has 0 spiro atoms. The predicted octanol–water partition coefficient (Wildman–Crippen LogP) is 5.15. The van der Waals surface area contributed by atoms with Gasteiger partial charge in [-0.25, -0.2) is 13.4 Å². The first-order valence-electron chi connectivity index (χ1n) is 11.5. The fraction of sp³-hybridized carbons (Fsp3) is 0.231. The maximum Gasteiger partial charge on any atom is 0.235 e. The maximum atomic E-state index is 12.7. The molecule has 2 aliphatic carbocycles.